The molecule has 6 nitrogen and oxygen atoms in total. The predicted molar refractivity (Wildman–Crippen MR) is 122 cm³/mol. The van der Waals surface area contributed by atoms with E-state index in [4.69, 9.17) is 4.74 Å². The van der Waals surface area contributed by atoms with Gasteiger partial charge in [0.2, 0.25) is 15.9 Å². The lowest BCUT2D eigenvalue weighted by atomic mass is 10.1. The Morgan fingerprint density at radius 2 is 1.87 bits per heavy atom. The van der Waals surface area contributed by atoms with Gasteiger partial charge in [0.1, 0.15) is 5.75 Å². The highest BCUT2D eigenvalue weighted by atomic mass is 32.2. The minimum atomic E-state index is -3.70. The van der Waals surface area contributed by atoms with E-state index < -0.39 is 10.0 Å². The van der Waals surface area contributed by atoms with Gasteiger partial charge in [0.15, 0.2) is 0 Å². The number of likely N-dealkylation sites (N-methyl/N-ethyl adjacent to an activating group) is 1. The van der Waals surface area contributed by atoms with Crippen molar-refractivity contribution < 1.29 is 17.9 Å². The van der Waals surface area contributed by atoms with Gasteiger partial charge in [-0.1, -0.05) is 12.1 Å². The molecule has 0 atom stereocenters. The summed E-state index contributed by atoms with van der Waals surface area (Å²) in [4.78, 5) is 13.3. The van der Waals surface area contributed by atoms with Gasteiger partial charge in [0, 0.05) is 18.5 Å². The number of nitrogens with zero attached hydrogens (tertiary/aromatic N) is 1. The molecule has 0 unspecified atom stereocenters. The SMILES string of the molecule is CSc1ccc(S(=O)(=O)N(C)CC(=O)NCCCc2cccc(OC(C)C)c2)cc1. The standard InChI is InChI=1S/C22H30N2O4S2/c1-17(2)28-19-9-5-7-18(15-19)8-6-14-23-22(25)16-24(3)30(26,27)21-12-10-20(29-4)11-13-21/h5,7,9-13,15,17H,6,8,14,16H2,1-4H3,(H,23,25). The molecule has 0 fully saturated rings. The number of rotatable bonds is 11. The number of aryl methyl sites for hydroxylation is 1. The molecule has 0 radical (unpaired) electrons. The van der Waals surface area contributed by atoms with Crippen molar-refractivity contribution in [3.05, 3.63) is 54.1 Å². The van der Waals surface area contributed by atoms with E-state index in [1.54, 1.807) is 36.0 Å². The van der Waals surface area contributed by atoms with Gasteiger partial charge in [-0.2, -0.15) is 4.31 Å². The number of nitrogens with one attached hydrogen (secondary N) is 1. The smallest absolute Gasteiger partial charge is 0.243 e. The van der Waals surface area contributed by atoms with Gasteiger partial charge in [-0.05, 0) is 74.9 Å². The quantitative estimate of drug-likeness (QED) is 0.418. The fourth-order valence-corrected chi connectivity index (χ4v) is 4.37. The number of benzene rings is 2. The molecular weight excluding hydrogens is 420 g/mol. The monoisotopic (exact) mass is 450 g/mol. The minimum absolute atomic E-state index is 0.122. The Labute approximate surface area is 184 Å². The van der Waals surface area contributed by atoms with Crippen LogP contribution in [-0.2, 0) is 21.2 Å². The molecule has 0 aliphatic carbocycles. The molecule has 164 valence electrons. The van der Waals surface area contributed by atoms with E-state index in [0.717, 1.165) is 33.4 Å². The first-order chi connectivity index (χ1) is 14.2. The third-order valence-corrected chi connectivity index (χ3v) is 6.93. The first-order valence-electron chi connectivity index (χ1n) is 9.85. The molecule has 0 heterocycles. The molecule has 30 heavy (non-hydrogen) atoms. The van der Waals surface area contributed by atoms with Gasteiger partial charge in [-0.15, -0.1) is 11.8 Å². The molecule has 0 bridgehead atoms. The third kappa shape index (κ3) is 7.34. The first-order valence-corrected chi connectivity index (χ1v) is 12.5. The van der Waals surface area contributed by atoms with Crippen LogP contribution >= 0.6 is 11.8 Å². The zero-order valence-corrected chi connectivity index (χ0v) is 19.6. The van der Waals surface area contributed by atoms with Crippen molar-refractivity contribution in [1.29, 1.82) is 0 Å². The maximum absolute atomic E-state index is 12.6. The lowest BCUT2D eigenvalue weighted by Gasteiger charge is -2.17. The summed E-state index contributed by atoms with van der Waals surface area (Å²) in [5, 5.41) is 2.79. The second-order valence-electron chi connectivity index (χ2n) is 7.20. The number of carbonyl (C=O) groups excluding carboxylic acids is 1. The Kier molecular flexibility index (Phi) is 9.20. The Hall–Kier alpha value is -2.03. The van der Waals surface area contributed by atoms with Crippen molar-refractivity contribution in [3.8, 4) is 5.75 Å². The number of sulfonamides is 1. The summed E-state index contributed by atoms with van der Waals surface area (Å²) in [6.07, 6.45) is 3.60. The maximum Gasteiger partial charge on any atom is 0.243 e. The average molecular weight is 451 g/mol. The molecule has 8 heteroatoms. The highest BCUT2D eigenvalue weighted by Gasteiger charge is 2.22. The van der Waals surface area contributed by atoms with Gasteiger partial charge < -0.3 is 10.1 Å². The molecule has 0 saturated carbocycles. The predicted octanol–water partition coefficient (Wildman–Crippen LogP) is 3.57. The number of ether oxygens (including phenoxy) is 1. The van der Waals surface area contributed by atoms with Crippen LogP contribution in [0.3, 0.4) is 0 Å². The van der Waals surface area contributed by atoms with Crippen molar-refractivity contribution in [2.75, 3.05) is 26.4 Å². The van der Waals surface area contributed by atoms with Crippen LogP contribution in [0.4, 0.5) is 0 Å². The fourth-order valence-electron chi connectivity index (χ4n) is 2.84. The van der Waals surface area contributed by atoms with Crippen molar-refractivity contribution in [3.63, 3.8) is 0 Å². The van der Waals surface area contributed by atoms with Gasteiger partial charge in [-0.25, -0.2) is 8.42 Å². The Morgan fingerprint density at radius 1 is 1.17 bits per heavy atom. The topological polar surface area (TPSA) is 75.7 Å². The number of carbonyl (C=O) groups is 1. The molecule has 0 aliphatic heterocycles. The van der Waals surface area contributed by atoms with Crippen molar-refractivity contribution >= 4 is 27.7 Å². The zero-order valence-electron chi connectivity index (χ0n) is 17.9. The van der Waals surface area contributed by atoms with Gasteiger partial charge in [-0.3, -0.25) is 4.79 Å². The van der Waals surface area contributed by atoms with Crippen LogP contribution < -0.4 is 10.1 Å². The van der Waals surface area contributed by atoms with E-state index >= 15 is 0 Å². The van der Waals surface area contributed by atoms with Crippen LogP contribution in [0.15, 0.2) is 58.3 Å². The Balaban J connectivity index is 1.79. The second kappa shape index (κ2) is 11.4. The largest absolute Gasteiger partial charge is 0.491 e. The van der Waals surface area contributed by atoms with Crippen LogP contribution in [0, 0.1) is 0 Å². The van der Waals surface area contributed by atoms with Gasteiger partial charge >= 0.3 is 0 Å². The summed E-state index contributed by atoms with van der Waals surface area (Å²) < 4.78 is 32.0. The molecular formula is C22H30N2O4S2. The Morgan fingerprint density at radius 3 is 2.50 bits per heavy atom. The normalized spacial score (nSPS) is 11.7. The summed E-state index contributed by atoms with van der Waals surface area (Å²) in [6, 6.07) is 14.5. The van der Waals surface area contributed by atoms with E-state index in [1.807, 2.05) is 44.4 Å². The van der Waals surface area contributed by atoms with E-state index in [2.05, 4.69) is 5.32 Å². The molecule has 1 N–H and O–H groups in total. The van der Waals surface area contributed by atoms with E-state index in [1.165, 1.54) is 7.05 Å². The molecule has 2 aromatic rings. The Bertz CT molecular complexity index is 928. The van der Waals surface area contributed by atoms with Crippen LogP contribution in [-0.4, -0.2) is 51.1 Å². The van der Waals surface area contributed by atoms with E-state index in [9.17, 15) is 13.2 Å². The van der Waals surface area contributed by atoms with Crippen LogP contribution in [0.2, 0.25) is 0 Å². The summed E-state index contributed by atoms with van der Waals surface area (Å²) in [7, 11) is -2.28. The fraction of sp³-hybridized carbons (Fsp3) is 0.409. The lowest BCUT2D eigenvalue weighted by molar-refractivity contribution is -0.121. The molecule has 0 aromatic heterocycles. The van der Waals surface area contributed by atoms with E-state index in [0.29, 0.717) is 6.54 Å². The summed E-state index contributed by atoms with van der Waals surface area (Å²) >= 11 is 1.54. The van der Waals surface area contributed by atoms with Crippen molar-refractivity contribution in [2.24, 2.45) is 0 Å². The summed E-state index contributed by atoms with van der Waals surface area (Å²) in [6.45, 7) is 4.23. The van der Waals surface area contributed by atoms with Gasteiger partial charge in [0.05, 0.1) is 17.5 Å². The average Bonchev–Trinajstić information content (AvgIpc) is 2.71. The zero-order chi connectivity index (χ0) is 22.1. The maximum atomic E-state index is 12.6. The molecule has 2 rings (SSSR count). The number of thioether (sulfide) groups is 1. The molecule has 2 aromatic carbocycles. The summed E-state index contributed by atoms with van der Waals surface area (Å²) in [5.74, 6) is 0.516. The van der Waals surface area contributed by atoms with Crippen molar-refractivity contribution in [2.45, 2.75) is 42.6 Å². The van der Waals surface area contributed by atoms with Gasteiger partial charge in [0.25, 0.3) is 0 Å². The van der Waals surface area contributed by atoms with Crippen LogP contribution in [0.5, 0.6) is 5.75 Å². The molecule has 0 saturated heterocycles. The number of amides is 1. The van der Waals surface area contributed by atoms with Crippen LogP contribution in [0.25, 0.3) is 0 Å². The van der Waals surface area contributed by atoms with Crippen LogP contribution in [0.1, 0.15) is 25.8 Å². The number of hydrogen-bond acceptors (Lipinski definition) is 5. The van der Waals surface area contributed by atoms with Crippen molar-refractivity contribution in [1.82, 2.24) is 9.62 Å². The minimum Gasteiger partial charge on any atom is -0.491 e. The first kappa shape index (κ1) is 24.2. The highest BCUT2D eigenvalue weighted by molar-refractivity contribution is 7.98. The van der Waals surface area contributed by atoms with E-state index in [-0.39, 0.29) is 23.5 Å². The number of hydrogen-bond donors (Lipinski definition) is 1. The highest BCUT2D eigenvalue weighted by Crippen LogP contribution is 2.20. The molecule has 0 aliphatic rings. The third-order valence-electron chi connectivity index (χ3n) is 4.37. The molecule has 0 spiro atoms. The summed E-state index contributed by atoms with van der Waals surface area (Å²) in [5.41, 5.74) is 1.13. The second-order valence-corrected chi connectivity index (χ2v) is 10.1. The lowest BCUT2D eigenvalue weighted by Crippen LogP contribution is -2.38. The molecule has 1 amide bonds.